The molecule has 0 fully saturated rings. The standard InChI is InChI=1S/C15H21N3O/c1-10(2)16-9-15-17-14(18-19-15)8-13-6-11(3)5-12(4)7-13/h5-7,10,16H,8-9H2,1-4H3. The monoisotopic (exact) mass is 259 g/mol. The molecule has 19 heavy (non-hydrogen) atoms. The number of aryl methyl sites for hydroxylation is 2. The summed E-state index contributed by atoms with van der Waals surface area (Å²) < 4.78 is 5.22. The minimum absolute atomic E-state index is 0.412. The fourth-order valence-corrected chi connectivity index (χ4v) is 2.08. The highest BCUT2D eigenvalue weighted by Gasteiger charge is 2.08. The van der Waals surface area contributed by atoms with Crippen molar-refractivity contribution in [1.82, 2.24) is 15.5 Å². The molecule has 0 aliphatic rings. The van der Waals surface area contributed by atoms with Crippen LogP contribution in [0, 0.1) is 13.8 Å². The highest BCUT2D eigenvalue weighted by molar-refractivity contribution is 5.30. The van der Waals surface area contributed by atoms with Crippen LogP contribution in [0.1, 0.15) is 42.3 Å². The van der Waals surface area contributed by atoms with Crippen molar-refractivity contribution < 1.29 is 4.52 Å². The van der Waals surface area contributed by atoms with Crippen molar-refractivity contribution in [3.05, 3.63) is 46.6 Å². The summed E-state index contributed by atoms with van der Waals surface area (Å²) in [5, 5.41) is 7.28. The second-order valence-corrected chi connectivity index (χ2v) is 5.31. The predicted octanol–water partition coefficient (Wildman–Crippen LogP) is 2.78. The summed E-state index contributed by atoms with van der Waals surface area (Å²) in [6.45, 7) is 9.01. The number of nitrogens with zero attached hydrogens (tertiary/aromatic N) is 2. The molecule has 1 aromatic heterocycles. The number of benzene rings is 1. The van der Waals surface area contributed by atoms with Crippen LogP contribution in [-0.4, -0.2) is 16.2 Å². The fourth-order valence-electron chi connectivity index (χ4n) is 2.08. The first kappa shape index (κ1) is 13.7. The average molecular weight is 259 g/mol. The zero-order valence-electron chi connectivity index (χ0n) is 12.0. The highest BCUT2D eigenvalue weighted by atomic mass is 16.5. The molecule has 0 atom stereocenters. The van der Waals surface area contributed by atoms with Crippen LogP contribution >= 0.6 is 0 Å². The molecule has 0 bridgehead atoms. The topological polar surface area (TPSA) is 51.0 Å². The molecule has 0 spiro atoms. The molecule has 0 unspecified atom stereocenters. The Labute approximate surface area is 114 Å². The van der Waals surface area contributed by atoms with Crippen LogP contribution in [0.3, 0.4) is 0 Å². The summed E-state index contributed by atoms with van der Waals surface area (Å²) in [4.78, 5) is 4.40. The molecule has 0 radical (unpaired) electrons. The number of nitrogens with one attached hydrogen (secondary N) is 1. The average Bonchev–Trinajstić information content (AvgIpc) is 2.72. The second-order valence-electron chi connectivity index (χ2n) is 5.31. The van der Waals surface area contributed by atoms with Gasteiger partial charge in [-0.25, -0.2) is 0 Å². The Morgan fingerprint density at radius 3 is 2.47 bits per heavy atom. The van der Waals surface area contributed by atoms with Crippen LogP contribution in [0.4, 0.5) is 0 Å². The maximum absolute atomic E-state index is 5.22. The van der Waals surface area contributed by atoms with Crippen LogP contribution in [0.2, 0.25) is 0 Å². The highest BCUT2D eigenvalue weighted by Crippen LogP contribution is 2.12. The first-order valence-electron chi connectivity index (χ1n) is 6.65. The van der Waals surface area contributed by atoms with Gasteiger partial charge in [0.2, 0.25) is 5.89 Å². The van der Waals surface area contributed by atoms with Crippen LogP contribution in [0.15, 0.2) is 22.7 Å². The molecular formula is C15H21N3O. The van der Waals surface area contributed by atoms with Gasteiger partial charge in [0.1, 0.15) is 0 Å². The number of hydrogen-bond donors (Lipinski definition) is 1. The SMILES string of the molecule is Cc1cc(C)cc(Cc2noc(CNC(C)C)n2)c1. The largest absolute Gasteiger partial charge is 0.338 e. The van der Waals surface area contributed by atoms with E-state index in [0.717, 1.165) is 5.82 Å². The number of rotatable bonds is 5. The lowest BCUT2D eigenvalue weighted by atomic mass is 10.1. The molecule has 102 valence electrons. The van der Waals surface area contributed by atoms with Gasteiger partial charge in [-0.15, -0.1) is 0 Å². The molecule has 4 nitrogen and oxygen atoms in total. The van der Waals surface area contributed by atoms with Crippen molar-refractivity contribution >= 4 is 0 Å². The Morgan fingerprint density at radius 1 is 1.16 bits per heavy atom. The van der Waals surface area contributed by atoms with Gasteiger partial charge in [-0.1, -0.05) is 48.3 Å². The fraction of sp³-hybridized carbons (Fsp3) is 0.467. The first-order valence-corrected chi connectivity index (χ1v) is 6.65. The molecule has 0 saturated heterocycles. The molecule has 0 amide bonds. The molecule has 2 rings (SSSR count). The third kappa shape index (κ3) is 4.17. The Hall–Kier alpha value is -1.68. The summed E-state index contributed by atoms with van der Waals surface area (Å²) in [7, 11) is 0. The number of hydrogen-bond acceptors (Lipinski definition) is 4. The van der Waals surface area contributed by atoms with Gasteiger partial charge in [0.05, 0.1) is 6.54 Å². The van der Waals surface area contributed by atoms with Crippen LogP contribution in [0.5, 0.6) is 0 Å². The van der Waals surface area contributed by atoms with Gasteiger partial charge in [-0.2, -0.15) is 4.98 Å². The van der Waals surface area contributed by atoms with Crippen molar-refractivity contribution in [2.24, 2.45) is 0 Å². The molecule has 1 heterocycles. The van der Waals surface area contributed by atoms with Gasteiger partial charge < -0.3 is 9.84 Å². The molecule has 0 saturated carbocycles. The Kier molecular flexibility index (Phi) is 4.32. The molecule has 0 aliphatic carbocycles. The molecule has 1 aromatic carbocycles. The van der Waals surface area contributed by atoms with Gasteiger partial charge >= 0.3 is 0 Å². The van der Waals surface area contributed by atoms with Gasteiger partial charge in [0, 0.05) is 12.5 Å². The van der Waals surface area contributed by atoms with E-state index in [0.29, 0.717) is 24.9 Å². The van der Waals surface area contributed by atoms with Crippen LogP contribution in [-0.2, 0) is 13.0 Å². The van der Waals surface area contributed by atoms with E-state index in [1.165, 1.54) is 16.7 Å². The van der Waals surface area contributed by atoms with Crippen molar-refractivity contribution in [3.8, 4) is 0 Å². The quantitative estimate of drug-likeness (QED) is 0.897. The lowest BCUT2D eigenvalue weighted by Crippen LogP contribution is -2.21. The molecule has 0 aliphatic heterocycles. The van der Waals surface area contributed by atoms with E-state index < -0.39 is 0 Å². The first-order chi connectivity index (χ1) is 9.02. The van der Waals surface area contributed by atoms with Crippen molar-refractivity contribution in [1.29, 1.82) is 0 Å². The minimum Gasteiger partial charge on any atom is -0.338 e. The Morgan fingerprint density at radius 2 is 1.84 bits per heavy atom. The van der Waals surface area contributed by atoms with E-state index in [4.69, 9.17) is 4.52 Å². The third-order valence-corrected chi connectivity index (χ3v) is 2.82. The van der Waals surface area contributed by atoms with E-state index in [1.807, 2.05) is 0 Å². The summed E-state index contributed by atoms with van der Waals surface area (Å²) >= 11 is 0. The van der Waals surface area contributed by atoms with Crippen molar-refractivity contribution in [2.45, 2.75) is 46.7 Å². The smallest absolute Gasteiger partial charge is 0.240 e. The second kappa shape index (κ2) is 5.97. The Balaban J connectivity index is 2.03. The van der Waals surface area contributed by atoms with E-state index in [9.17, 15) is 0 Å². The maximum Gasteiger partial charge on any atom is 0.240 e. The predicted molar refractivity (Wildman–Crippen MR) is 75.0 cm³/mol. The summed E-state index contributed by atoms with van der Waals surface area (Å²) in [5.41, 5.74) is 3.75. The minimum atomic E-state index is 0.412. The zero-order valence-corrected chi connectivity index (χ0v) is 12.0. The summed E-state index contributed by atoms with van der Waals surface area (Å²) in [6.07, 6.45) is 0.716. The third-order valence-electron chi connectivity index (χ3n) is 2.82. The van der Waals surface area contributed by atoms with Gasteiger partial charge in [-0.3, -0.25) is 0 Å². The van der Waals surface area contributed by atoms with Crippen molar-refractivity contribution in [3.63, 3.8) is 0 Å². The van der Waals surface area contributed by atoms with Gasteiger partial charge in [-0.05, 0) is 19.4 Å². The number of aromatic nitrogens is 2. The molecule has 4 heteroatoms. The van der Waals surface area contributed by atoms with E-state index >= 15 is 0 Å². The lowest BCUT2D eigenvalue weighted by molar-refractivity contribution is 0.358. The molecular weight excluding hydrogens is 238 g/mol. The van der Waals surface area contributed by atoms with Crippen molar-refractivity contribution in [2.75, 3.05) is 0 Å². The van der Waals surface area contributed by atoms with Crippen LogP contribution in [0.25, 0.3) is 0 Å². The molecule has 2 aromatic rings. The maximum atomic E-state index is 5.22. The van der Waals surface area contributed by atoms with Crippen LogP contribution < -0.4 is 5.32 Å². The lowest BCUT2D eigenvalue weighted by Gasteiger charge is -2.03. The van der Waals surface area contributed by atoms with E-state index in [2.05, 4.69) is 61.4 Å². The van der Waals surface area contributed by atoms with E-state index in [-0.39, 0.29) is 0 Å². The summed E-state index contributed by atoms with van der Waals surface area (Å²) in [5.74, 6) is 1.39. The summed E-state index contributed by atoms with van der Waals surface area (Å²) in [6, 6.07) is 6.90. The Bertz CT molecular complexity index is 526. The zero-order chi connectivity index (χ0) is 13.8. The molecule has 1 N–H and O–H groups in total. The van der Waals surface area contributed by atoms with Gasteiger partial charge in [0.15, 0.2) is 5.82 Å². The van der Waals surface area contributed by atoms with Gasteiger partial charge in [0.25, 0.3) is 0 Å². The normalized spacial score (nSPS) is 11.2. The van der Waals surface area contributed by atoms with E-state index in [1.54, 1.807) is 0 Å².